The molecule has 0 radical (unpaired) electrons. The van der Waals surface area contributed by atoms with Crippen LogP contribution in [0.15, 0.2) is 23.4 Å². The van der Waals surface area contributed by atoms with Crippen molar-refractivity contribution >= 4 is 51.9 Å². The Morgan fingerprint density at radius 1 is 1.25 bits per heavy atom. The van der Waals surface area contributed by atoms with E-state index < -0.39 is 0 Å². The van der Waals surface area contributed by atoms with E-state index in [1.807, 2.05) is 18.2 Å². The lowest BCUT2D eigenvalue weighted by atomic mass is 10.2. The molecule has 1 fully saturated rings. The van der Waals surface area contributed by atoms with Crippen LogP contribution in [0.25, 0.3) is 22.1 Å². The molecule has 3 N–H and O–H groups in total. The summed E-state index contributed by atoms with van der Waals surface area (Å²) in [6, 6.07) is 5.71. The molecule has 24 heavy (non-hydrogen) atoms. The smallest absolute Gasteiger partial charge is 0.211 e. The number of thioether (sulfide) groups is 1. The van der Waals surface area contributed by atoms with Crippen LogP contribution < -0.4 is 5.73 Å². The van der Waals surface area contributed by atoms with Gasteiger partial charge >= 0.3 is 0 Å². The Bertz CT molecular complexity index is 835. The Labute approximate surface area is 149 Å². The zero-order valence-electron chi connectivity index (χ0n) is 13.1. The number of halogens is 1. The summed E-state index contributed by atoms with van der Waals surface area (Å²) in [6.45, 7) is 4.67. The fraction of sp³-hybridized carbons (Fsp3) is 0.400. The van der Waals surface area contributed by atoms with E-state index in [4.69, 9.17) is 10.5 Å². The molecule has 0 aliphatic carbocycles. The molecule has 0 spiro atoms. The monoisotopic (exact) mass is 366 g/mol. The molecule has 9 heteroatoms. The number of aromatic amines is 1. The third-order valence-electron chi connectivity index (χ3n) is 3.96. The van der Waals surface area contributed by atoms with Crippen molar-refractivity contribution in [1.82, 2.24) is 25.1 Å². The maximum absolute atomic E-state index is 5.84. The van der Waals surface area contributed by atoms with E-state index in [0.29, 0.717) is 10.8 Å². The predicted molar refractivity (Wildman–Crippen MR) is 98.8 cm³/mol. The number of nitrogens with two attached hydrogens (primary N) is 1. The van der Waals surface area contributed by atoms with E-state index in [2.05, 4.69) is 25.1 Å². The van der Waals surface area contributed by atoms with Crippen LogP contribution >= 0.6 is 24.2 Å². The maximum atomic E-state index is 5.84. The third-order valence-corrected chi connectivity index (χ3v) is 4.78. The predicted octanol–water partition coefficient (Wildman–Crippen LogP) is 1.93. The summed E-state index contributed by atoms with van der Waals surface area (Å²) < 4.78 is 5.35. The Morgan fingerprint density at radius 3 is 2.92 bits per heavy atom. The second kappa shape index (κ2) is 7.52. The van der Waals surface area contributed by atoms with Gasteiger partial charge in [0.05, 0.1) is 13.2 Å². The Kier molecular flexibility index (Phi) is 5.40. The van der Waals surface area contributed by atoms with Gasteiger partial charge in [-0.15, -0.1) is 22.6 Å². The van der Waals surface area contributed by atoms with Crippen molar-refractivity contribution in [3.63, 3.8) is 0 Å². The first-order valence-electron chi connectivity index (χ1n) is 7.64. The van der Waals surface area contributed by atoms with E-state index in [1.54, 1.807) is 11.8 Å². The van der Waals surface area contributed by atoms with Crippen molar-refractivity contribution in [2.75, 3.05) is 44.3 Å². The molecule has 0 unspecified atom stereocenters. The number of morpholine rings is 1. The van der Waals surface area contributed by atoms with Crippen LogP contribution in [0.2, 0.25) is 0 Å². The summed E-state index contributed by atoms with van der Waals surface area (Å²) in [4.78, 5) is 10.2. The summed E-state index contributed by atoms with van der Waals surface area (Å²) >= 11 is 1.63. The van der Waals surface area contributed by atoms with Gasteiger partial charge < -0.3 is 15.5 Å². The van der Waals surface area contributed by atoms with Gasteiger partial charge in [-0.25, -0.2) is 4.98 Å². The molecule has 0 saturated carbocycles. The van der Waals surface area contributed by atoms with E-state index in [-0.39, 0.29) is 12.4 Å². The topological polar surface area (TPSA) is 93.0 Å². The lowest BCUT2D eigenvalue weighted by Crippen LogP contribution is -2.37. The molecule has 1 aliphatic rings. The standard InChI is InChI=1S/C15H18N6OS.ClH/c16-10-1-2-12-11(9-10)13-14(17-12)18-15(20-19-13)23-8-5-21-3-6-22-7-4-21;/h1-2,9H,3-8,16H2,(H,17,18,20);1H. The third kappa shape index (κ3) is 3.56. The average Bonchev–Trinajstić information content (AvgIpc) is 2.93. The van der Waals surface area contributed by atoms with Gasteiger partial charge in [0.25, 0.3) is 0 Å². The Morgan fingerprint density at radius 2 is 2.08 bits per heavy atom. The van der Waals surface area contributed by atoms with Gasteiger partial charge in [-0.2, -0.15) is 0 Å². The van der Waals surface area contributed by atoms with Gasteiger partial charge in [0.2, 0.25) is 5.16 Å². The number of anilines is 1. The highest BCUT2D eigenvalue weighted by atomic mass is 35.5. The minimum Gasteiger partial charge on any atom is -0.399 e. The number of nitrogen functional groups attached to an aromatic ring is 1. The summed E-state index contributed by atoms with van der Waals surface area (Å²) in [5, 5.41) is 10.2. The van der Waals surface area contributed by atoms with Gasteiger partial charge in [0.15, 0.2) is 5.65 Å². The molecule has 4 rings (SSSR count). The van der Waals surface area contributed by atoms with Crippen molar-refractivity contribution in [2.45, 2.75) is 5.16 Å². The quantitative estimate of drug-likeness (QED) is 0.538. The van der Waals surface area contributed by atoms with Crippen molar-refractivity contribution < 1.29 is 4.74 Å². The van der Waals surface area contributed by atoms with Crippen LogP contribution in [0.4, 0.5) is 5.69 Å². The summed E-state index contributed by atoms with van der Waals surface area (Å²) in [5.41, 5.74) is 9.06. The molecule has 2 aromatic heterocycles. The molecule has 1 aliphatic heterocycles. The van der Waals surface area contributed by atoms with Gasteiger partial charge in [0, 0.05) is 42.0 Å². The van der Waals surface area contributed by atoms with E-state index in [1.165, 1.54) is 0 Å². The number of aromatic nitrogens is 4. The average molecular weight is 367 g/mol. The van der Waals surface area contributed by atoms with Crippen molar-refractivity contribution in [3.05, 3.63) is 18.2 Å². The fourth-order valence-corrected chi connectivity index (χ4v) is 3.51. The number of benzene rings is 1. The van der Waals surface area contributed by atoms with Gasteiger partial charge in [-0.05, 0) is 18.2 Å². The molecule has 1 saturated heterocycles. The summed E-state index contributed by atoms with van der Waals surface area (Å²) in [5.74, 6) is 0.945. The zero-order chi connectivity index (χ0) is 15.6. The first-order chi connectivity index (χ1) is 11.3. The SMILES string of the molecule is Cl.Nc1ccc2[nH]c3nc(SCCN4CCOCC4)nnc3c2c1. The normalized spacial score (nSPS) is 15.7. The van der Waals surface area contributed by atoms with Crippen molar-refractivity contribution in [1.29, 1.82) is 0 Å². The zero-order valence-corrected chi connectivity index (χ0v) is 14.7. The lowest BCUT2D eigenvalue weighted by Gasteiger charge is -2.26. The van der Waals surface area contributed by atoms with Gasteiger partial charge in [-0.1, -0.05) is 11.8 Å². The first kappa shape index (κ1) is 17.2. The minimum atomic E-state index is 0. The number of nitrogens with one attached hydrogen (secondary N) is 1. The second-order valence-electron chi connectivity index (χ2n) is 5.52. The molecule has 128 valence electrons. The molecular weight excluding hydrogens is 348 g/mol. The fourth-order valence-electron chi connectivity index (χ4n) is 2.73. The number of hydrogen-bond donors (Lipinski definition) is 2. The molecule has 3 heterocycles. The van der Waals surface area contributed by atoms with Crippen LogP contribution in [-0.2, 0) is 4.74 Å². The first-order valence-corrected chi connectivity index (χ1v) is 8.63. The molecule has 0 atom stereocenters. The number of nitrogens with zero attached hydrogens (tertiary/aromatic N) is 4. The molecule has 1 aromatic carbocycles. The van der Waals surface area contributed by atoms with Crippen LogP contribution in [0, 0.1) is 0 Å². The molecule has 3 aromatic rings. The van der Waals surface area contributed by atoms with Crippen LogP contribution in [0.3, 0.4) is 0 Å². The number of hydrogen-bond acceptors (Lipinski definition) is 7. The van der Waals surface area contributed by atoms with Gasteiger partial charge in [-0.3, -0.25) is 4.90 Å². The largest absolute Gasteiger partial charge is 0.399 e. The van der Waals surface area contributed by atoms with E-state index in [0.717, 1.165) is 60.7 Å². The highest BCUT2D eigenvalue weighted by Crippen LogP contribution is 2.25. The molecule has 7 nitrogen and oxygen atoms in total. The maximum Gasteiger partial charge on any atom is 0.211 e. The summed E-state index contributed by atoms with van der Waals surface area (Å²) in [6.07, 6.45) is 0. The number of fused-ring (bicyclic) bond motifs is 3. The highest BCUT2D eigenvalue weighted by Gasteiger charge is 2.12. The van der Waals surface area contributed by atoms with Crippen molar-refractivity contribution in [3.8, 4) is 0 Å². The van der Waals surface area contributed by atoms with Crippen LogP contribution in [-0.4, -0.2) is 63.7 Å². The highest BCUT2D eigenvalue weighted by molar-refractivity contribution is 7.99. The van der Waals surface area contributed by atoms with Crippen molar-refractivity contribution in [2.24, 2.45) is 0 Å². The molecule has 0 bridgehead atoms. The molecule has 0 amide bonds. The summed E-state index contributed by atoms with van der Waals surface area (Å²) in [7, 11) is 0. The van der Waals surface area contributed by atoms with Gasteiger partial charge in [0.1, 0.15) is 5.52 Å². The second-order valence-corrected chi connectivity index (χ2v) is 6.59. The van der Waals surface area contributed by atoms with E-state index in [9.17, 15) is 0 Å². The minimum absolute atomic E-state index is 0. The lowest BCUT2D eigenvalue weighted by molar-refractivity contribution is 0.0410. The van der Waals surface area contributed by atoms with E-state index >= 15 is 0 Å². The number of ether oxygens (including phenoxy) is 1. The number of H-pyrrole nitrogens is 1. The Hall–Kier alpha value is -1.61. The molecular formula is C15H19ClN6OS. The van der Waals surface area contributed by atoms with Crippen LogP contribution in [0.5, 0.6) is 0 Å². The van der Waals surface area contributed by atoms with Crippen LogP contribution in [0.1, 0.15) is 0 Å². The number of rotatable bonds is 4. The Balaban J connectivity index is 0.00000169.